The van der Waals surface area contributed by atoms with E-state index in [1.165, 1.54) is 0 Å². The van der Waals surface area contributed by atoms with Crippen LogP contribution < -0.4 is 0 Å². The van der Waals surface area contributed by atoms with E-state index in [-0.39, 0.29) is 23.0 Å². The van der Waals surface area contributed by atoms with Gasteiger partial charge in [-0.05, 0) is 104 Å². The zero-order valence-electron chi connectivity index (χ0n) is 46.4. The van der Waals surface area contributed by atoms with E-state index in [2.05, 4.69) is 27.7 Å². The van der Waals surface area contributed by atoms with Crippen LogP contribution in [0.15, 0.2) is 0 Å². The van der Waals surface area contributed by atoms with Crippen LogP contribution in [0, 0.1) is 52.3 Å². The first-order valence-electron chi connectivity index (χ1n) is 29.7. The average Bonchev–Trinajstić information content (AvgIpc) is 3.70. The highest BCUT2D eigenvalue weighted by Gasteiger charge is 2.69. The highest BCUT2D eigenvalue weighted by molar-refractivity contribution is 5.16. The molecule has 0 aromatic rings. The summed E-state index contributed by atoms with van der Waals surface area (Å²) in [6.07, 6.45) is -31.0. The van der Waals surface area contributed by atoms with Gasteiger partial charge in [0.25, 0.3) is 0 Å². The Bertz CT molecular complexity index is 2090. The van der Waals surface area contributed by atoms with E-state index in [4.69, 9.17) is 56.8 Å². The molecular weight excluding hydrogens is 1080 g/mol. The number of aliphatic hydroxyl groups is 14. The third kappa shape index (κ3) is 10.9. The summed E-state index contributed by atoms with van der Waals surface area (Å²) in [5, 5.41) is 153. The van der Waals surface area contributed by atoms with E-state index in [1.807, 2.05) is 0 Å². The zero-order chi connectivity index (χ0) is 57.8. The minimum Gasteiger partial charge on any atom is -0.394 e. The van der Waals surface area contributed by atoms with Crippen molar-refractivity contribution in [3.63, 3.8) is 0 Å². The summed E-state index contributed by atoms with van der Waals surface area (Å²) < 4.78 is 72.9. The van der Waals surface area contributed by atoms with Gasteiger partial charge < -0.3 is 128 Å². The Balaban J connectivity index is 0.759. The van der Waals surface area contributed by atoms with Crippen LogP contribution in [0.3, 0.4) is 0 Å². The molecule has 11 rings (SSSR count). The normalized spacial score (nSPS) is 57.6. The lowest BCUT2D eigenvalue weighted by Gasteiger charge is -2.61. The Morgan fingerprint density at radius 1 is 0.457 bits per heavy atom. The smallest absolute Gasteiger partial charge is 0.187 e. The van der Waals surface area contributed by atoms with Crippen LogP contribution >= 0.6 is 0 Å². The molecule has 1 spiro atoms. The quantitative estimate of drug-likeness (QED) is 0.0786. The van der Waals surface area contributed by atoms with Gasteiger partial charge in [-0.25, -0.2) is 0 Å². The first-order chi connectivity index (χ1) is 38.6. The lowest BCUT2D eigenvalue weighted by atomic mass is 9.44. The fraction of sp³-hybridized carbons (Fsp3) is 1.00. The molecule has 0 bridgehead atoms. The highest BCUT2D eigenvalue weighted by Crippen LogP contribution is 2.71. The van der Waals surface area contributed by atoms with E-state index in [0.717, 1.165) is 58.0 Å². The summed E-state index contributed by atoms with van der Waals surface area (Å²) in [5.74, 6) is 2.86. The van der Waals surface area contributed by atoms with Crippen molar-refractivity contribution in [2.24, 2.45) is 52.3 Å². The maximum Gasteiger partial charge on any atom is 0.187 e. The molecule has 4 saturated carbocycles. The number of ether oxygens (including phenoxy) is 12. The van der Waals surface area contributed by atoms with E-state index in [9.17, 15) is 71.5 Å². The summed E-state index contributed by atoms with van der Waals surface area (Å²) in [5.41, 5.74) is 0.230. The van der Waals surface area contributed by atoms with Crippen LogP contribution in [0.1, 0.15) is 91.9 Å². The van der Waals surface area contributed by atoms with E-state index >= 15 is 0 Å². The monoisotopic (exact) mass is 1170 g/mol. The largest absolute Gasteiger partial charge is 0.394 e. The van der Waals surface area contributed by atoms with Crippen LogP contribution in [0.4, 0.5) is 0 Å². The molecule has 466 valence electrons. The van der Waals surface area contributed by atoms with E-state index in [0.29, 0.717) is 54.3 Å². The first-order valence-corrected chi connectivity index (χ1v) is 29.7. The number of aliphatic hydroxyl groups excluding tert-OH is 14. The topological polar surface area (TPSA) is 394 Å². The van der Waals surface area contributed by atoms with Crippen molar-refractivity contribution in [1.82, 2.24) is 0 Å². The Morgan fingerprint density at radius 2 is 1.01 bits per heavy atom. The Labute approximate surface area is 470 Å². The van der Waals surface area contributed by atoms with Crippen LogP contribution in [0.5, 0.6) is 0 Å². The second-order valence-electron chi connectivity index (χ2n) is 26.2. The zero-order valence-corrected chi connectivity index (χ0v) is 46.4. The number of fused-ring (bicyclic) bond motifs is 7. The van der Waals surface area contributed by atoms with Gasteiger partial charge in [0.2, 0.25) is 0 Å². The SMILES string of the molecule is CC1CCC2(OC1)OC1CC3C4CCC5CC(OC6OC(CO)C(O)C(OC7OC(CO)C(O)C(O)C7OC7OCC(O)C(O)C7OC7OC(CO)C(O)C(OC8OCC(O)C(O)C8O)C7O)C6O)CCC5(C)C4CCC3(C)C1C2C. The van der Waals surface area contributed by atoms with Crippen molar-refractivity contribution in [2.75, 3.05) is 39.6 Å². The third-order valence-corrected chi connectivity index (χ3v) is 21.7. The first kappa shape index (κ1) is 61.6. The summed E-state index contributed by atoms with van der Waals surface area (Å²) >= 11 is 0. The predicted octanol–water partition coefficient (Wildman–Crippen LogP) is -3.81. The molecule has 0 aromatic heterocycles. The maximum atomic E-state index is 12.1. The van der Waals surface area contributed by atoms with Gasteiger partial charge in [0, 0.05) is 12.3 Å². The molecule has 11 aliphatic rings. The van der Waals surface area contributed by atoms with Crippen molar-refractivity contribution in [3.05, 3.63) is 0 Å². The molecule has 0 radical (unpaired) electrons. The molecule has 11 fully saturated rings. The van der Waals surface area contributed by atoms with Crippen molar-refractivity contribution in [2.45, 2.75) is 251 Å². The molecule has 7 saturated heterocycles. The van der Waals surface area contributed by atoms with Crippen LogP contribution in [-0.2, 0) is 56.8 Å². The van der Waals surface area contributed by atoms with Gasteiger partial charge in [0.1, 0.15) is 110 Å². The minimum absolute atomic E-state index is 0.0536. The fourth-order valence-corrected chi connectivity index (χ4v) is 17.1. The van der Waals surface area contributed by atoms with Crippen LogP contribution in [0.2, 0.25) is 0 Å². The molecule has 4 aliphatic carbocycles. The van der Waals surface area contributed by atoms with Gasteiger partial charge in [-0.15, -0.1) is 0 Å². The summed E-state index contributed by atoms with van der Waals surface area (Å²) in [7, 11) is 0. The predicted molar refractivity (Wildman–Crippen MR) is 269 cm³/mol. The van der Waals surface area contributed by atoms with Gasteiger partial charge in [-0.3, -0.25) is 0 Å². The van der Waals surface area contributed by atoms with Gasteiger partial charge in [-0.1, -0.05) is 27.7 Å². The highest BCUT2D eigenvalue weighted by atomic mass is 16.8. The standard InChI is InChI=1S/C55H90O26/c1-21-7-12-55(72-18-21)22(2)34-30(81-55)14-27-25-6-5-23-13-24(8-10-53(23,3)26(25)9-11-54(27,34)4)73-49-42(68)45(39(65)32(16-57)74-49)78-52-47(40(66)37(63)31(15-56)76-52)80-51-46(36(62)29(60)20-71-51)79-50-43(69)44(38(64)33(17-58)75-50)77-48-41(67)35(61)28(59)19-70-48/h21-52,56-69H,5-20H2,1-4H3. The van der Waals surface area contributed by atoms with E-state index < -0.39 is 180 Å². The molecule has 35 unspecified atom stereocenters. The minimum atomic E-state index is -2.05. The molecule has 26 nitrogen and oxygen atoms in total. The van der Waals surface area contributed by atoms with Crippen molar-refractivity contribution >= 4 is 0 Å². The summed E-state index contributed by atoms with van der Waals surface area (Å²) in [4.78, 5) is 0. The van der Waals surface area contributed by atoms with Gasteiger partial charge in [0.15, 0.2) is 37.2 Å². The van der Waals surface area contributed by atoms with Gasteiger partial charge in [-0.2, -0.15) is 0 Å². The average molecular weight is 1170 g/mol. The fourth-order valence-electron chi connectivity index (χ4n) is 17.1. The molecule has 0 aromatic carbocycles. The van der Waals surface area contributed by atoms with Gasteiger partial charge >= 0.3 is 0 Å². The number of rotatable bonds is 13. The molecule has 35 atom stereocenters. The molecule has 81 heavy (non-hydrogen) atoms. The second-order valence-corrected chi connectivity index (χ2v) is 26.2. The number of hydrogen-bond acceptors (Lipinski definition) is 26. The molecule has 7 aliphatic heterocycles. The second kappa shape index (κ2) is 24.2. The number of hydrogen-bond donors (Lipinski definition) is 14. The molecule has 14 N–H and O–H groups in total. The lowest BCUT2D eigenvalue weighted by Crippen LogP contribution is -2.67. The van der Waals surface area contributed by atoms with Gasteiger partial charge in [0.05, 0.1) is 51.8 Å². The Hall–Kier alpha value is -1.04. The molecule has 0 amide bonds. The molecular formula is C55H90O26. The van der Waals surface area contributed by atoms with Crippen LogP contribution in [0.25, 0.3) is 0 Å². The summed E-state index contributed by atoms with van der Waals surface area (Å²) in [6.45, 7) is 6.73. The summed E-state index contributed by atoms with van der Waals surface area (Å²) in [6, 6.07) is 0. The Morgan fingerprint density at radius 3 is 1.65 bits per heavy atom. The van der Waals surface area contributed by atoms with E-state index in [1.54, 1.807) is 0 Å². The third-order valence-electron chi connectivity index (χ3n) is 21.7. The van der Waals surface area contributed by atoms with Crippen molar-refractivity contribution < 1.29 is 128 Å². The van der Waals surface area contributed by atoms with Crippen molar-refractivity contribution in [1.29, 1.82) is 0 Å². The maximum absolute atomic E-state index is 12.1. The van der Waals surface area contributed by atoms with Crippen LogP contribution in [-0.4, -0.2) is 270 Å². The van der Waals surface area contributed by atoms with Crippen molar-refractivity contribution in [3.8, 4) is 0 Å². The molecule has 26 heteroatoms. The lowest BCUT2D eigenvalue weighted by molar-refractivity contribution is -0.401. The molecule has 7 heterocycles. The Kier molecular flexibility index (Phi) is 18.4.